The molecular formula is C17H17BrN2O5S. The number of benzene rings is 2. The molecule has 0 atom stereocenters. The zero-order chi connectivity index (χ0) is 19.2. The number of ether oxygens (including phenoxy) is 2. The molecule has 2 aromatic rings. The lowest BCUT2D eigenvalue weighted by Crippen LogP contribution is -2.18. The zero-order valence-electron chi connectivity index (χ0n) is 14.1. The van der Waals surface area contributed by atoms with Crippen LogP contribution in [0.1, 0.15) is 18.1 Å². The molecule has 9 heteroatoms. The van der Waals surface area contributed by atoms with Gasteiger partial charge in [-0.1, -0.05) is 15.9 Å². The number of hydrogen-bond donors (Lipinski definition) is 1. The Morgan fingerprint density at radius 2 is 1.92 bits per heavy atom. The van der Waals surface area contributed by atoms with E-state index in [9.17, 15) is 13.2 Å². The van der Waals surface area contributed by atoms with Gasteiger partial charge in [-0.15, -0.1) is 0 Å². The van der Waals surface area contributed by atoms with Crippen molar-refractivity contribution in [1.82, 2.24) is 4.83 Å². The number of methoxy groups -OCH3 is 1. The Morgan fingerprint density at radius 1 is 1.23 bits per heavy atom. The number of sulfonamides is 1. The van der Waals surface area contributed by atoms with E-state index in [2.05, 4.69) is 25.9 Å². The van der Waals surface area contributed by atoms with Crippen LogP contribution < -0.4 is 9.57 Å². The minimum Gasteiger partial charge on any atom is -0.496 e. The van der Waals surface area contributed by atoms with Crippen LogP contribution in [0.4, 0.5) is 0 Å². The van der Waals surface area contributed by atoms with Gasteiger partial charge in [0.25, 0.3) is 10.0 Å². The third-order valence-corrected chi connectivity index (χ3v) is 5.01. The van der Waals surface area contributed by atoms with E-state index >= 15 is 0 Å². The summed E-state index contributed by atoms with van der Waals surface area (Å²) in [6.07, 6.45) is 1.35. The molecule has 0 aliphatic rings. The average Bonchev–Trinajstić information content (AvgIpc) is 2.60. The normalized spacial score (nSPS) is 11.3. The van der Waals surface area contributed by atoms with Crippen molar-refractivity contribution in [2.45, 2.75) is 18.4 Å². The molecule has 0 aliphatic carbocycles. The molecule has 0 saturated heterocycles. The predicted octanol–water partition coefficient (Wildman–Crippen LogP) is 2.83. The maximum absolute atomic E-state index is 12.2. The lowest BCUT2D eigenvalue weighted by Gasteiger charge is -2.09. The molecule has 0 spiro atoms. The highest BCUT2D eigenvalue weighted by Crippen LogP contribution is 2.20. The Morgan fingerprint density at radius 3 is 2.54 bits per heavy atom. The summed E-state index contributed by atoms with van der Waals surface area (Å²) in [5.74, 6) is 0.146. The molecule has 2 aromatic carbocycles. The minimum atomic E-state index is -3.75. The van der Waals surface area contributed by atoms with Crippen molar-refractivity contribution in [2.24, 2.45) is 5.10 Å². The molecule has 7 nitrogen and oxygen atoms in total. The van der Waals surface area contributed by atoms with Crippen molar-refractivity contribution >= 4 is 38.1 Å². The Bertz CT molecular complexity index is 911. The first kappa shape index (κ1) is 19.9. The van der Waals surface area contributed by atoms with Gasteiger partial charge in [-0.25, -0.2) is 4.83 Å². The number of halogens is 1. The second-order valence-electron chi connectivity index (χ2n) is 5.16. The monoisotopic (exact) mass is 440 g/mol. The fourth-order valence-corrected chi connectivity index (χ4v) is 3.06. The molecule has 0 aliphatic heterocycles. The van der Waals surface area contributed by atoms with Crippen molar-refractivity contribution < 1.29 is 22.7 Å². The number of hydrogen-bond acceptors (Lipinski definition) is 6. The summed E-state index contributed by atoms with van der Waals surface area (Å²) in [7, 11) is -2.25. The first-order chi connectivity index (χ1) is 12.3. The Kier molecular flexibility index (Phi) is 6.76. The third kappa shape index (κ3) is 5.57. The first-order valence-electron chi connectivity index (χ1n) is 7.42. The van der Waals surface area contributed by atoms with Crippen molar-refractivity contribution in [1.29, 1.82) is 0 Å². The second kappa shape index (κ2) is 8.81. The van der Waals surface area contributed by atoms with Gasteiger partial charge < -0.3 is 9.47 Å². The molecule has 0 radical (unpaired) electrons. The molecule has 1 N–H and O–H groups in total. The summed E-state index contributed by atoms with van der Waals surface area (Å²) in [5.41, 5.74) is 1.26. The van der Waals surface area contributed by atoms with Crippen molar-refractivity contribution in [3.8, 4) is 5.75 Å². The number of hydrazone groups is 1. The van der Waals surface area contributed by atoms with Crippen LogP contribution in [0.5, 0.6) is 5.75 Å². The topological polar surface area (TPSA) is 94.1 Å². The van der Waals surface area contributed by atoms with E-state index in [0.29, 0.717) is 16.9 Å². The predicted molar refractivity (Wildman–Crippen MR) is 101 cm³/mol. The van der Waals surface area contributed by atoms with Crippen LogP contribution in [-0.4, -0.2) is 27.7 Å². The molecular weight excluding hydrogens is 424 g/mol. The minimum absolute atomic E-state index is 0.0464. The molecule has 138 valence electrons. The van der Waals surface area contributed by atoms with Crippen molar-refractivity contribution in [3.63, 3.8) is 0 Å². The standard InChI is InChI=1S/C17H17BrN2O5S/c1-12(21)25-11-14-9-13(3-8-17(14)24-2)10-19-20-26(22,23)16-6-4-15(18)5-7-16/h3-10,20H,11H2,1-2H3/b19-10+. The number of rotatable bonds is 7. The van der Waals surface area contributed by atoms with E-state index in [4.69, 9.17) is 9.47 Å². The maximum atomic E-state index is 12.2. The highest BCUT2D eigenvalue weighted by atomic mass is 79.9. The summed E-state index contributed by atoms with van der Waals surface area (Å²) >= 11 is 3.25. The molecule has 26 heavy (non-hydrogen) atoms. The number of carbonyl (C=O) groups is 1. The van der Waals surface area contributed by atoms with Crippen molar-refractivity contribution in [2.75, 3.05) is 7.11 Å². The van der Waals surface area contributed by atoms with E-state index in [1.54, 1.807) is 30.3 Å². The van der Waals surface area contributed by atoms with Gasteiger partial charge in [0.05, 0.1) is 18.2 Å². The SMILES string of the molecule is COc1ccc(/C=N/NS(=O)(=O)c2ccc(Br)cc2)cc1COC(C)=O. The van der Waals surface area contributed by atoms with Gasteiger partial charge in [-0.05, 0) is 48.0 Å². The molecule has 0 amide bonds. The number of nitrogens with one attached hydrogen (secondary N) is 1. The molecule has 0 unspecified atom stereocenters. The number of esters is 1. The van der Waals surface area contributed by atoms with E-state index in [1.807, 2.05) is 0 Å². The zero-order valence-corrected chi connectivity index (χ0v) is 16.5. The maximum Gasteiger partial charge on any atom is 0.302 e. The van der Waals surface area contributed by atoms with Gasteiger partial charge in [0.15, 0.2) is 0 Å². The van der Waals surface area contributed by atoms with Crippen LogP contribution in [-0.2, 0) is 26.2 Å². The van der Waals surface area contributed by atoms with E-state index in [-0.39, 0.29) is 11.5 Å². The van der Waals surface area contributed by atoms with Gasteiger partial charge >= 0.3 is 5.97 Å². The van der Waals surface area contributed by atoms with Gasteiger partial charge in [0.2, 0.25) is 0 Å². The second-order valence-corrected chi connectivity index (χ2v) is 7.73. The van der Waals surface area contributed by atoms with Crippen molar-refractivity contribution in [3.05, 3.63) is 58.1 Å². The smallest absolute Gasteiger partial charge is 0.302 e. The van der Waals surface area contributed by atoms with Crippen LogP contribution >= 0.6 is 15.9 Å². The Labute approximate surface area is 160 Å². The highest BCUT2D eigenvalue weighted by molar-refractivity contribution is 9.10. The highest BCUT2D eigenvalue weighted by Gasteiger charge is 2.12. The van der Waals surface area contributed by atoms with Gasteiger partial charge in [-0.2, -0.15) is 13.5 Å². The fraction of sp³-hybridized carbons (Fsp3) is 0.176. The quantitative estimate of drug-likeness (QED) is 0.405. The molecule has 0 fully saturated rings. The molecule has 0 saturated carbocycles. The number of nitrogens with zero attached hydrogens (tertiary/aromatic N) is 1. The average molecular weight is 441 g/mol. The summed E-state index contributed by atoms with van der Waals surface area (Å²) < 4.78 is 35.3. The van der Waals surface area contributed by atoms with E-state index in [0.717, 1.165) is 4.47 Å². The van der Waals surface area contributed by atoms with Crippen LogP contribution in [0.15, 0.2) is 56.9 Å². The van der Waals surface area contributed by atoms with Gasteiger partial charge in [-0.3, -0.25) is 4.79 Å². The van der Waals surface area contributed by atoms with E-state index < -0.39 is 16.0 Å². The molecule has 0 aromatic heterocycles. The van der Waals surface area contributed by atoms with Crippen LogP contribution in [0, 0.1) is 0 Å². The summed E-state index contributed by atoms with van der Waals surface area (Å²) in [6, 6.07) is 11.3. The fourth-order valence-electron chi connectivity index (χ4n) is 2.01. The first-order valence-corrected chi connectivity index (χ1v) is 9.70. The lowest BCUT2D eigenvalue weighted by molar-refractivity contribution is -0.142. The molecule has 0 bridgehead atoms. The third-order valence-electron chi connectivity index (χ3n) is 3.25. The van der Waals surface area contributed by atoms with Crippen LogP contribution in [0.25, 0.3) is 0 Å². The van der Waals surface area contributed by atoms with Gasteiger partial charge in [0, 0.05) is 17.0 Å². The van der Waals surface area contributed by atoms with Gasteiger partial charge in [0.1, 0.15) is 12.4 Å². The lowest BCUT2D eigenvalue weighted by atomic mass is 10.1. The Hall–Kier alpha value is -2.39. The largest absolute Gasteiger partial charge is 0.496 e. The van der Waals surface area contributed by atoms with E-state index in [1.165, 1.54) is 32.4 Å². The molecule has 0 heterocycles. The molecule has 2 rings (SSSR count). The number of carbonyl (C=O) groups excluding carboxylic acids is 1. The summed E-state index contributed by atoms with van der Waals surface area (Å²) in [6.45, 7) is 1.36. The Balaban J connectivity index is 2.13. The van der Waals surface area contributed by atoms with Crippen LogP contribution in [0.3, 0.4) is 0 Å². The summed E-state index contributed by atoms with van der Waals surface area (Å²) in [4.78, 5) is 13.2. The van der Waals surface area contributed by atoms with Crippen LogP contribution in [0.2, 0.25) is 0 Å². The summed E-state index contributed by atoms with van der Waals surface area (Å²) in [5, 5.41) is 3.78.